The van der Waals surface area contributed by atoms with Crippen LogP contribution < -0.4 is 15.5 Å². The summed E-state index contributed by atoms with van der Waals surface area (Å²) in [4.78, 5) is 21.7. The average molecular weight is 357 g/mol. The predicted octanol–water partition coefficient (Wildman–Crippen LogP) is 2.30. The van der Waals surface area contributed by atoms with Crippen LogP contribution in [-0.2, 0) is 0 Å². The highest BCUT2D eigenvalue weighted by Crippen LogP contribution is 2.39. The summed E-state index contributed by atoms with van der Waals surface area (Å²) in [6, 6.07) is 3.87. The van der Waals surface area contributed by atoms with Crippen LogP contribution >= 0.6 is 0 Å². The lowest BCUT2D eigenvalue weighted by Gasteiger charge is -2.31. The van der Waals surface area contributed by atoms with Gasteiger partial charge in [0.1, 0.15) is 5.82 Å². The van der Waals surface area contributed by atoms with Crippen molar-refractivity contribution in [1.82, 2.24) is 25.5 Å². The molecule has 2 fully saturated rings. The van der Waals surface area contributed by atoms with E-state index in [0.717, 1.165) is 37.6 Å². The van der Waals surface area contributed by atoms with E-state index in [4.69, 9.17) is 5.11 Å². The minimum atomic E-state index is -0.960. The van der Waals surface area contributed by atoms with Gasteiger partial charge >= 0.3 is 6.09 Å². The van der Waals surface area contributed by atoms with E-state index in [1.807, 2.05) is 12.1 Å². The standard InChI is InChI=1S/C17H23N7O2/c25-17(26)19-10-11-4-7-24(8-5-11)16-18-6-3-14(21-16)20-15-9-13(22-23-15)12-1-2-12/h3,6,9,11-12,19H,1-2,4-5,7-8,10H2,(H,25,26)(H2,18,20,21,22,23). The van der Waals surface area contributed by atoms with Crippen molar-refractivity contribution in [1.29, 1.82) is 0 Å². The van der Waals surface area contributed by atoms with Gasteiger partial charge in [0, 0.05) is 43.5 Å². The highest BCUT2D eigenvalue weighted by molar-refractivity contribution is 5.64. The Morgan fingerprint density at radius 2 is 2.08 bits per heavy atom. The van der Waals surface area contributed by atoms with Crippen LogP contribution in [0.15, 0.2) is 18.3 Å². The van der Waals surface area contributed by atoms with Crippen LogP contribution in [0.5, 0.6) is 0 Å². The largest absolute Gasteiger partial charge is 0.465 e. The molecule has 0 bridgehead atoms. The minimum Gasteiger partial charge on any atom is -0.465 e. The maximum Gasteiger partial charge on any atom is 0.404 e. The normalized spacial score (nSPS) is 17.9. The number of aromatic nitrogens is 4. The van der Waals surface area contributed by atoms with Crippen LogP contribution in [0.3, 0.4) is 0 Å². The first-order chi connectivity index (χ1) is 12.7. The Hall–Kier alpha value is -2.84. The lowest BCUT2D eigenvalue weighted by atomic mass is 9.97. The summed E-state index contributed by atoms with van der Waals surface area (Å²) in [6.07, 6.45) is 5.10. The van der Waals surface area contributed by atoms with E-state index in [9.17, 15) is 4.79 Å². The first kappa shape index (κ1) is 16.6. The van der Waals surface area contributed by atoms with Gasteiger partial charge in [-0.25, -0.2) is 9.78 Å². The van der Waals surface area contributed by atoms with E-state index in [0.29, 0.717) is 24.3 Å². The first-order valence-electron chi connectivity index (χ1n) is 9.04. The molecule has 4 rings (SSSR count). The van der Waals surface area contributed by atoms with E-state index >= 15 is 0 Å². The van der Waals surface area contributed by atoms with E-state index in [1.165, 1.54) is 18.5 Å². The van der Waals surface area contributed by atoms with Gasteiger partial charge in [-0.1, -0.05) is 0 Å². The molecule has 3 heterocycles. The summed E-state index contributed by atoms with van der Waals surface area (Å²) in [5.74, 6) is 3.19. The van der Waals surface area contributed by atoms with Gasteiger partial charge < -0.3 is 20.6 Å². The van der Waals surface area contributed by atoms with Crippen LogP contribution in [0.2, 0.25) is 0 Å². The molecule has 9 nitrogen and oxygen atoms in total. The van der Waals surface area contributed by atoms with Crippen LogP contribution in [0, 0.1) is 5.92 Å². The Bertz CT molecular complexity index is 766. The number of rotatable bonds is 6. The highest BCUT2D eigenvalue weighted by atomic mass is 16.4. The zero-order valence-electron chi connectivity index (χ0n) is 14.5. The summed E-state index contributed by atoms with van der Waals surface area (Å²) in [5, 5.41) is 21.8. The zero-order valence-corrected chi connectivity index (χ0v) is 14.5. The molecule has 1 amide bonds. The molecule has 0 unspecified atom stereocenters. The van der Waals surface area contributed by atoms with E-state index in [-0.39, 0.29) is 0 Å². The first-order valence-corrected chi connectivity index (χ1v) is 9.04. The monoisotopic (exact) mass is 357 g/mol. The smallest absolute Gasteiger partial charge is 0.404 e. The Morgan fingerprint density at radius 3 is 2.81 bits per heavy atom. The molecule has 9 heteroatoms. The van der Waals surface area contributed by atoms with E-state index < -0.39 is 6.09 Å². The van der Waals surface area contributed by atoms with Gasteiger partial charge in [-0.15, -0.1) is 0 Å². The second kappa shape index (κ2) is 7.19. The number of piperidine rings is 1. The second-order valence-electron chi connectivity index (χ2n) is 6.97. The number of amides is 1. The quantitative estimate of drug-likeness (QED) is 0.626. The number of aromatic amines is 1. The summed E-state index contributed by atoms with van der Waals surface area (Å²) in [7, 11) is 0. The number of anilines is 3. The molecule has 0 atom stereocenters. The second-order valence-corrected chi connectivity index (χ2v) is 6.97. The van der Waals surface area contributed by atoms with E-state index in [1.54, 1.807) is 6.20 Å². The molecule has 0 spiro atoms. The molecular weight excluding hydrogens is 334 g/mol. The molecular formula is C17H23N7O2. The van der Waals surface area contributed by atoms with Crippen LogP contribution in [0.25, 0.3) is 0 Å². The van der Waals surface area contributed by atoms with E-state index in [2.05, 4.69) is 35.7 Å². The number of hydrogen-bond acceptors (Lipinski definition) is 6. The molecule has 0 aromatic carbocycles. The third-order valence-corrected chi connectivity index (χ3v) is 4.95. The lowest BCUT2D eigenvalue weighted by Crippen LogP contribution is -2.39. The maximum atomic E-state index is 10.6. The highest BCUT2D eigenvalue weighted by Gasteiger charge is 2.25. The molecule has 4 N–H and O–H groups in total. The number of hydrogen-bond donors (Lipinski definition) is 4. The summed E-state index contributed by atoms with van der Waals surface area (Å²) in [6.45, 7) is 2.15. The van der Waals surface area contributed by atoms with Crippen molar-refractivity contribution in [3.05, 3.63) is 24.0 Å². The molecule has 1 aliphatic heterocycles. The fourth-order valence-corrected chi connectivity index (χ4v) is 3.27. The fourth-order valence-electron chi connectivity index (χ4n) is 3.27. The summed E-state index contributed by atoms with van der Waals surface area (Å²) in [5.41, 5.74) is 1.18. The Labute approximate surface area is 151 Å². The van der Waals surface area contributed by atoms with Crippen LogP contribution in [0.1, 0.15) is 37.3 Å². The Kier molecular flexibility index (Phi) is 4.59. The SMILES string of the molecule is O=C(O)NCC1CCN(c2nccc(Nc3cc(C4CC4)[nH]n3)n2)CC1. The van der Waals surface area contributed by atoms with Crippen molar-refractivity contribution in [3.8, 4) is 0 Å². The molecule has 1 aliphatic carbocycles. The van der Waals surface area contributed by atoms with Crippen molar-refractivity contribution in [3.63, 3.8) is 0 Å². The molecule has 2 aliphatic rings. The maximum absolute atomic E-state index is 10.6. The topological polar surface area (TPSA) is 119 Å². The molecule has 1 saturated carbocycles. The minimum absolute atomic E-state index is 0.369. The van der Waals surface area contributed by atoms with Crippen molar-refractivity contribution in [2.45, 2.75) is 31.6 Å². The van der Waals surface area contributed by atoms with Gasteiger partial charge in [-0.2, -0.15) is 10.1 Å². The van der Waals surface area contributed by atoms with Crippen molar-refractivity contribution >= 4 is 23.7 Å². The third kappa shape index (κ3) is 4.04. The fraction of sp³-hybridized carbons (Fsp3) is 0.529. The summed E-state index contributed by atoms with van der Waals surface area (Å²) < 4.78 is 0. The van der Waals surface area contributed by atoms with Gasteiger partial charge in [0.2, 0.25) is 5.95 Å². The molecule has 138 valence electrons. The molecule has 2 aromatic rings. The number of carboxylic acid groups (broad SMARTS) is 1. The lowest BCUT2D eigenvalue weighted by molar-refractivity contribution is 0.191. The number of nitrogens with zero attached hydrogens (tertiary/aromatic N) is 4. The molecule has 26 heavy (non-hydrogen) atoms. The van der Waals surface area contributed by atoms with Crippen LogP contribution in [0.4, 0.5) is 22.4 Å². The van der Waals surface area contributed by atoms with Gasteiger partial charge in [-0.05, 0) is 37.7 Å². The number of carbonyl (C=O) groups is 1. The van der Waals surface area contributed by atoms with Gasteiger partial charge in [0.15, 0.2) is 5.82 Å². The van der Waals surface area contributed by atoms with Crippen LogP contribution in [-0.4, -0.2) is 51.0 Å². The Morgan fingerprint density at radius 1 is 1.27 bits per heavy atom. The number of nitrogens with one attached hydrogen (secondary N) is 3. The zero-order chi connectivity index (χ0) is 17.9. The molecule has 2 aromatic heterocycles. The molecule has 0 radical (unpaired) electrons. The van der Waals surface area contributed by atoms with Crippen molar-refractivity contribution in [2.24, 2.45) is 5.92 Å². The van der Waals surface area contributed by atoms with Gasteiger partial charge in [0.25, 0.3) is 0 Å². The van der Waals surface area contributed by atoms with Crippen molar-refractivity contribution < 1.29 is 9.90 Å². The van der Waals surface area contributed by atoms with Crippen molar-refractivity contribution in [2.75, 3.05) is 29.9 Å². The average Bonchev–Trinajstić information content (AvgIpc) is 3.40. The Balaban J connectivity index is 1.34. The predicted molar refractivity (Wildman–Crippen MR) is 96.8 cm³/mol. The van der Waals surface area contributed by atoms with Gasteiger partial charge in [0.05, 0.1) is 0 Å². The molecule has 1 saturated heterocycles. The van der Waals surface area contributed by atoms with Gasteiger partial charge in [-0.3, -0.25) is 5.10 Å². The third-order valence-electron chi connectivity index (χ3n) is 4.95. The summed E-state index contributed by atoms with van der Waals surface area (Å²) >= 11 is 0. The number of H-pyrrole nitrogens is 1.